The highest BCUT2D eigenvalue weighted by molar-refractivity contribution is 7.93. The van der Waals surface area contributed by atoms with E-state index in [0.29, 0.717) is 6.61 Å². The number of benzene rings is 1. The Morgan fingerprint density at radius 3 is 2.42 bits per heavy atom. The average molecular weight is 500 g/mol. The second kappa shape index (κ2) is 11.1. The quantitative estimate of drug-likeness (QED) is 0.464. The summed E-state index contributed by atoms with van der Waals surface area (Å²) < 4.78 is 30.1. The fourth-order valence-corrected chi connectivity index (χ4v) is 6.16. The van der Waals surface area contributed by atoms with Crippen LogP contribution in [-0.2, 0) is 14.6 Å². The maximum atomic E-state index is 13.1. The van der Waals surface area contributed by atoms with Crippen LogP contribution in [0.2, 0.25) is 5.02 Å². The lowest BCUT2D eigenvalue weighted by atomic mass is 10.1. The predicted octanol–water partition coefficient (Wildman–Crippen LogP) is 1.78. The molecule has 0 saturated carbocycles. The SMILES string of the molecule is C1CNCCN1.CC1=CCC[C@H]1NC(=O)Nc1ccc(Cl)c(S(=O)(=O)[C@@]2(C)CCOC2)c1[O-]. The molecule has 1 aromatic rings. The summed E-state index contributed by atoms with van der Waals surface area (Å²) in [5, 5.41) is 24.3. The van der Waals surface area contributed by atoms with Gasteiger partial charge in [0.25, 0.3) is 0 Å². The molecule has 2 fully saturated rings. The first-order chi connectivity index (χ1) is 15.7. The van der Waals surface area contributed by atoms with Crippen LogP contribution in [0.4, 0.5) is 10.5 Å². The van der Waals surface area contributed by atoms with E-state index < -0.39 is 31.3 Å². The molecule has 33 heavy (non-hydrogen) atoms. The van der Waals surface area contributed by atoms with Gasteiger partial charge in [0.05, 0.1) is 27.3 Å². The zero-order valence-corrected chi connectivity index (χ0v) is 20.6. The lowest BCUT2D eigenvalue weighted by Gasteiger charge is -2.28. The number of ether oxygens (including phenoxy) is 1. The third kappa shape index (κ3) is 5.99. The molecule has 0 aromatic heterocycles. The van der Waals surface area contributed by atoms with Crippen LogP contribution in [0.3, 0.4) is 0 Å². The zero-order valence-electron chi connectivity index (χ0n) is 19.0. The van der Waals surface area contributed by atoms with Crippen LogP contribution < -0.4 is 26.4 Å². The van der Waals surface area contributed by atoms with Crippen molar-refractivity contribution in [2.45, 2.75) is 48.8 Å². The van der Waals surface area contributed by atoms with Crippen LogP contribution >= 0.6 is 11.6 Å². The van der Waals surface area contributed by atoms with Gasteiger partial charge in [-0.05, 0) is 45.2 Å². The van der Waals surface area contributed by atoms with Crippen molar-refractivity contribution in [3.63, 3.8) is 0 Å². The molecule has 2 aliphatic heterocycles. The molecule has 1 aliphatic carbocycles. The molecule has 4 rings (SSSR count). The maximum Gasteiger partial charge on any atom is 0.319 e. The number of carbonyl (C=O) groups is 1. The van der Waals surface area contributed by atoms with E-state index in [9.17, 15) is 18.3 Å². The van der Waals surface area contributed by atoms with E-state index in [2.05, 4.69) is 21.3 Å². The molecular formula is C22H32ClN4O5S-. The first-order valence-electron chi connectivity index (χ1n) is 11.1. The van der Waals surface area contributed by atoms with Gasteiger partial charge in [-0.1, -0.05) is 29.0 Å². The van der Waals surface area contributed by atoms with Crippen molar-refractivity contribution in [1.29, 1.82) is 0 Å². The van der Waals surface area contributed by atoms with E-state index >= 15 is 0 Å². The van der Waals surface area contributed by atoms with Crippen molar-refractivity contribution in [2.75, 3.05) is 44.7 Å². The predicted molar refractivity (Wildman–Crippen MR) is 127 cm³/mol. The van der Waals surface area contributed by atoms with E-state index in [1.165, 1.54) is 19.1 Å². The first-order valence-corrected chi connectivity index (χ1v) is 13.0. The van der Waals surface area contributed by atoms with E-state index in [-0.39, 0.29) is 29.8 Å². The third-order valence-electron chi connectivity index (χ3n) is 6.15. The minimum Gasteiger partial charge on any atom is -0.870 e. The number of sulfone groups is 1. The Morgan fingerprint density at radius 1 is 1.24 bits per heavy atom. The van der Waals surface area contributed by atoms with E-state index in [0.717, 1.165) is 44.6 Å². The van der Waals surface area contributed by atoms with Gasteiger partial charge in [0.2, 0.25) is 0 Å². The highest BCUT2D eigenvalue weighted by atomic mass is 35.5. The molecule has 9 nitrogen and oxygen atoms in total. The van der Waals surface area contributed by atoms with Crippen molar-refractivity contribution in [1.82, 2.24) is 16.0 Å². The number of carbonyl (C=O) groups excluding carboxylic acids is 1. The number of hydrogen-bond donors (Lipinski definition) is 4. The highest BCUT2D eigenvalue weighted by Gasteiger charge is 2.45. The van der Waals surface area contributed by atoms with Crippen LogP contribution in [0.5, 0.6) is 5.75 Å². The molecule has 0 bridgehead atoms. The number of allylic oxidation sites excluding steroid dienone is 1. The second-order valence-corrected chi connectivity index (χ2v) is 11.5. The van der Waals surface area contributed by atoms with Gasteiger partial charge < -0.3 is 31.1 Å². The number of piperazine rings is 1. The van der Waals surface area contributed by atoms with Gasteiger partial charge in [-0.3, -0.25) is 0 Å². The lowest BCUT2D eigenvalue weighted by molar-refractivity contribution is -0.271. The minimum absolute atomic E-state index is 0.00344. The van der Waals surface area contributed by atoms with Gasteiger partial charge in [-0.25, -0.2) is 13.2 Å². The average Bonchev–Trinajstić information content (AvgIpc) is 3.41. The van der Waals surface area contributed by atoms with Crippen molar-refractivity contribution >= 4 is 33.2 Å². The van der Waals surface area contributed by atoms with Crippen molar-refractivity contribution in [3.8, 4) is 5.75 Å². The summed E-state index contributed by atoms with van der Waals surface area (Å²) >= 11 is 6.06. The van der Waals surface area contributed by atoms with Crippen molar-refractivity contribution in [3.05, 3.63) is 28.8 Å². The number of halogens is 1. The van der Waals surface area contributed by atoms with Crippen LogP contribution in [0, 0.1) is 0 Å². The van der Waals surface area contributed by atoms with Gasteiger partial charge in [0.15, 0.2) is 9.84 Å². The second-order valence-electron chi connectivity index (χ2n) is 8.69. The normalized spacial score (nSPS) is 25.1. The molecule has 2 heterocycles. The van der Waals surface area contributed by atoms with Gasteiger partial charge in [-0.2, -0.15) is 0 Å². The van der Waals surface area contributed by atoms with Crippen LogP contribution in [0.1, 0.15) is 33.1 Å². The van der Waals surface area contributed by atoms with Crippen LogP contribution in [0.15, 0.2) is 28.7 Å². The Hall–Kier alpha value is -1.85. The highest BCUT2D eigenvalue weighted by Crippen LogP contribution is 2.42. The number of amides is 2. The molecule has 184 valence electrons. The summed E-state index contributed by atoms with van der Waals surface area (Å²) in [7, 11) is -4.04. The molecule has 0 unspecified atom stereocenters. The topological polar surface area (TPSA) is 132 Å². The molecule has 0 spiro atoms. The molecule has 4 N–H and O–H groups in total. The van der Waals surface area contributed by atoms with Crippen LogP contribution in [-0.4, -0.2) is 64.6 Å². The summed E-state index contributed by atoms with van der Waals surface area (Å²) in [5.41, 5.74) is 0.929. The third-order valence-corrected chi connectivity index (χ3v) is 9.14. The van der Waals surface area contributed by atoms with Gasteiger partial charge >= 0.3 is 6.03 Å². The number of hydrogen-bond acceptors (Lipinski definition) is 7. The Labute approximate surface area is 200 Å². The molecule has 0 radical (unpaired) electrons. The molecular weight excluding hydrogens is 468 g/mol. The van der Waals surface area contributed by atoms with Gasteiger partial charge in [0.1, 0.15) is 0 Å². The Morgan fingerprint density at radius 2 is 1.91 bits per heavy atom. The molecule has 1 aromatic carbocycles. The standard InChI is InChI=1S/C18H23ClN2O5S.C4H10N2/c1-11-4-3-5-13(11)20-17(23)21-14-7-6-12(19)16(15(14)22)27(24,25)18(2)8-9-26-10-18;1-2-6-4-3-5-1/h4,6-7,13,22H,3,5,8-10H2,1-2H3,(H2,20,21,23);5-6H,1-4H2/p-1/t13-,18+;/m1./s1. The fourth-order valence-electron chi connectivity index (χ4n) is 3.95. The number of nitrogens with one attached hydrogen (secondary N) is 4. The number of rotatable bonds is 4. The number of urea groups is 1. The Bertz CT molecular complexity index is 977. The summed E-state index contributed by atoms with van der Waals surface area (Å²) in [6.07, 6.45) is 3.99. The molecule has 2 atom stereocenters. The van der Waals surface area contributed by atoms with E-state index in [1.54, 1.807) is 0 Å². The molecule has 3 aliphatic rings. The number of anilines is 1. The lowest BCUT2D eigenvalue weighted by Crippen LogP contribution is -2.39. The van der Waals surface area contributed by atoms with Crippen molar-refractivity contribution < 1.29 is 23.1 Å². The molecule has 2 saturated heterocycles. The van der Waals surface area contributed by atoms with E-state index in [4.69, 9.17) is 16.3 Å². The Kier molecular flexibility index (Phi) is 8.63. The summed E-state index contributed by atoms with van der Waals surface area (Å²) in [6, 6.07) is 1.97. The van der Waals surface area contributed by atoms with Gasteiger partial charge in [-0.15, -0.1) is 0 Å². The molecule has 2 amide bonds. The molecule has 11 heteroatoms. The first kappa shape index (κ1) is 25.8. The smallest absolute Gasteiger partial charge is 0.319 e. The zero-order chi connectivity index (χ0) is 24.1. The monoisotopic (exact) mass is 499 g/mol. The fraction of sp³-hybridized carbons (Fsp3) is 0.591. The van der Waals surface area contributed by atoms with Crippen LogP contribution in [0.25, 0.3) is 0 Å². The minimum atomic E-state index is -4.04. The summed E-state index contributed by atoms with van der Waals surface area (Å²) in [6.45, 7) is 8.31. The maximum absolute atomic E-state index is 13.1. The Balaban J connectivity index is 0.000000442. The van der Waals surface area contributed by atoms with Crippen molar-refractivity contribution in [2.24, 2.45) is 0 Å². The summed E-state index contributed by atoms with van der Waals surface area (Å²) in [4.78, 5) is 11.7. The van der Waals surface area contributed by atoms with E-state index in [1.807, 2.05) is 13.0 Å². The summed E-state index contributed by atoms with van der Waals surface area (Å²) in [5.74, 6) is -0.815. The largest absolute Gasteiger partial charge is 0.870 e. The van der Waals surface area contributed by atoms with Gasteiger partial charge in [0, 0.05) is 38.5 Å².